The number of carbonyl (C=O) groups is 4. The summed E-state index contributed by atoms with van der Waals surface area (Å²) in [5.74, 6) is 0.0316. The molecule has 8 nitrogen and oxygen atoms in total. The summed E-state index contributed by atoms with van der Waals surface area (Å²) in [6, 6.07) is 10.9. The van der Waals surface area contributed by atoms with Gasteiger partial charge in [-0.3, -0.25) is 19.2 Å². The Hall–Kier alpha value is -1.61. The van der Waals surface area contributed by atoms with Crippen LogP contribution in [-0.2, 0) is 19.2 Å². The smallest absolute Gasteiger partial charge is 0.216 e. The van der Waals surface area contributed by atoms with Crippen LogP contribution in [0.15, 0.2) is 30.3 Å². The molecule has 0 radical (unpaired) electrons. The first-order valence-electron chi connectivity index (χ1n) is 13.9. The molecule has 0 aliphatic carbocycles. The second-order valence-electron chi connectivity index (χ2n) is 9.64. The molecule has 0 heterocycles. The number of benzene rings is 1. The summed E-state index contributed by atoms with van der Waals surface area (Å²) in [6.07, 6.45) is 11.0. The van der Waals surface area contributed by atoms with Crippen LogP contribution < -0.4 is 26.6 Å². The SMILES string of the molecule is CC(=O)NCCP(CCCP(CCCP(CCNC(C)=O)CCNC(C)=O)c1ccccc1)CCNC(C)=O. The molecule has 4 amide bonds. The summed E-state index contributed by atoms with van der Waals surface area (Å²) < 4.78 is 0. The third kappa shape index (κ3) is 20.0. The van der Waals surface area contributed by atoms with Crippen molar-refractivity contribution in [2.45, 2.75) is 40.5 Å². The Bertz CT molecular complexity index is 770. The first-order chi connectivity index (χ1) is 18.7. The largest absolute Gasteiger partial charge is 0.356 e. The summed E-state index contributed by atoms with van der Waals surface area (Å²) in [5.41, 5.74) is 0. The van der Waals surface area contributed by atoms with E-state index in [2.05, 4.69) is 51.6 Å². The molecule has 0 aromatic heterocycles. The maximum absolute atomic E-state index is 11.3. The van der Waals surface area contributed by atoms with Gasteiger partial charge in [-0.1, -0.05) is 38.3 Å². The summed E-state index contributed by atoms with van der Waals surface area (Å²) in [5, 5.41) is 13.2. The molecule has 1 aromatic rings. The van der Waals surface area contributed by atoms with Gasteiger partial charge in [0, 0.05) is 53.9 Å². The van der Waals surface area contributed by atoms with Crippen LogP contribution in [0, 0.1) is 0 Å². The average molecular weight is 599 g/mol. The number of rotatable bonds is 21. The Morgan fingerprint density at radius 2 is 0.846 bits per heavy atom. The molecule has 1 rings (SSSR count). The van der Waals surface area contributed by atoms with E-state index in [0.29, 0.717) is 26.2 Å². The van der Waals surface area contributed by atoms with Gasteiger partial charge in [0.25, 0.3) is 0 Å². The zero-order chi connectivity index (χ0) is 28.9. The Balaban J connectivity index is 2.68. The van der Waals surface area contributed by atoms with E-state index in [4.69, 9.17) is 0 Å². The summed E-state index contributed by atoms with van der Waals surface area (Å²) in [7, 11) is -0.777. The minimum Gasteiger partial charge on any atom is -0.356 e. The lowest BCUT2D eigenvalue weighted by molar-refractivity contribution is -0.119. The number of amides is 4. The molecule has 0 unspecified atom stereocenters. The lowest BCUT2D eigenvalue weighted by Crippen LogP contribution is -2.26. The van der Waals surface area contributed by atoms with Crippen molar-refractivity contribution in [3.63, 3.8) is 0 Å². The van der Waals surface area contributed by atoms with Gasteiger partial charge in [-0.05, 0) is 67.4 Å². The predicted octanol–water partition coefficient (Wildman–Crippen LogP) is 3.08. The maximum Gasteiger partial charge on any atom is 0.216 e. The molecule has 220 valence electrons. The Morgan fingerprint density at radius 1 is 0.513 bits per heavy atom. The highest BCUT2D eigenvalue weighted by Gasteiger charge is 2.15. The van der Waals surface area contributed by atoms with E-state index in [-0.39, 0.29) is 47.4 Å². The molecule has 0 fully saturated rings. The fourth-order valence-corrected chi connectivity index (χ4v) is 11.4. The first-order valence-corrected chi connectivity index (χ1v) is 19.4. The van der Waals surface area contributed by atoms with Gasteiger partial charge in [0.2, 0.25) is 23.6 Å². The molecule has 0 spiro atoms. The van der Waals surface area contributed by atoms with Gasteiger partial charge in [-0.2, -0.15) is 0 Å². The Labute approximate surface area is 239 Å². The maximum atomic E-state index is 11.3. The molecular formula is C28H49N4O4P3. The van der Waals surface area contributed by atoms with Crippen LogP contribution in [0.2, 0.25) is 0 Å². The summed E-state index contributed by atoms with van der Waals surface area (Å²) >= 11 is 0. The fourth-order valence-electron chi connectivity index (χ4n) is 4.21. The minimum absolute atomic E-state index is 0.00789. The van der Waals surface area contributed by atoms with Gasteiger partial charge >= 0.3 is 0 Å². The molecule has 0 saturated carbocycles. The molecule has 39 heavy (non-hydrogen) atoms. The highest BCUT2D eigenvalue weighted by Crippen LogP contribution is 2.42. The third-order valence-corrected chi connectivity index (χ3v) is 14.2. The van der Waals surface area contributed by atoms with Gasteiger partial charge in [-0.25, -0.2) is 0 Å². The van der Waals surface area contributed by atoms with Gasteiger partial charge in [0.1, 0.15) is 0 Å². The lowest BCUT2D eigenvalue weighted by atomic mass is 10.4. The van der Waals surface area contributed by atoms with Crippen molar-refractivity contribution >= 4 is 52.7 Å². The van der Waals surface area contributed by atoms with Gasteiger partial charge in [0.15, 0.2) is 0 Å². The van der Waals surface area contributed by atoms with Crippen LogP contribution in [0.3, 0.4) is 0 Å². The zero-order valence-corrected chi connectivity index (χ0v) is 26.9. The highest BCUT2D eigenvalue weighted by molar-refractivity contribution is 7.65. The summed E-state index contributed by atoms with van der Waals surface area (Å²) in [6.45, 7) is 9.03. The van der Waals surface area contributed by atoms with E-state index < -0.39 is 0 Å². The van der Waals surface area contributed by atoms with Crippen LogP contribution in [0.25, 0.3) is 0 Å². The standard InChI is InChI=1S/C28H49N4O4P3/c1-24(33)29-12-20-37(21-13-30-25(2)34)16-8-18-39(28-10-6-5-7-11-28)19-9-17-38(22-14-31-26(3)35)23-15-32-27(4)36/h5-7,10-11H,8-9,12-23H2,1-4H3,(H,29,33)(H,30,34)(H,31,35)(H,32,36). The molecule has 0 saturated heterocycles. The van der Waals surface area contributed by atoms with Crippen molar-refractivity contribution in [1.29, 1.82) is 0 Å². The average Bonchev–Trinajstić information content (AvgIpc) is 2.86. The summed E-state index contributed by atoms with van der Waals surface area (Å²) in [4.78, 5) is 45.3. The van der Waals surface area contributed by atoms with E-state index in [1.165, 1.54) is 17.6 Å². The van der Waals surface area contributed by atoms with Crippen LogP contribution in [0.4, 0.5) is 0 Å². The van der Waals surface area contributed by atoms with Crippen molar-refractivity contribution in [3.8, 4) is 0 Å². The number of nitrogens with one attached hydrogen (secondary N) is 4. The van der Waals surface area contributed by atoms with E-state index in [1.807, 2.05) is 0 Å². The van der Waals surface area contributed by atoms with Crippen molar-refractivity contribution in [2.75, 3.05) is 75.5 Å². The molecule has 0 atom stereocenters. The third-order valence-electron chi connectivity index (χ3n) is 6.13. The van der Waals surface area contributed by atoms with Crippen molar-refractivity contribution in [1.82, 2.24) is 21.3 Å². The van der Waals surface area contributed by atoms with Crippen LogP contribution >= 0.6 is 23.8 Å². The molecule has 11 heteroatoms. The molecule has 1 aromatic carbocycles. The van der Waals surface area contributed by atoms with Crippen LogP contribution in [0.5, 0.6) is 0 Å². The molecular weight excluding hydrogens is 549 g/mol. The van der Waals surface area contributed by atoms with Gasteiger partial charge in [-0.15, -0.1) is 15.8 Å². The molecule has 0 aliphatic heterocycles. The quantitative estimate of drug-likeness (QED) is 0.163. The van der Waals surface area contributed by atoms with Gasteiger partial charge < -0.3 is 21.3 Å². The first kappa shape index (κ1) is 35.4. The lowest BCUT2D eigenvalue weighted by Gasteiger charge is -2.23. The molecule has 0 aliphatic rings. The van der Waals surface area contributed by atoms with Crippen LogP contribution in [-0.4, -0.2) is 99.1 Å². The van der Waals surface area contributed by atoms with Crippen molar-refractivity contribution in [3.05, 3.63) is 30.3 Å². The topological polar surface area (TPSA) is 116 Å². The van der Waals surface area contributed by atoms with Crippen LogP contribution in [0.1, 0.15) is 40.5 Å². The van der Waals surface area contributed by atoms with Gasteiger partial charge in [0.05, 0.1) is 0 Å². The second kappa shape index (κ2) is 22.1. The molecule has 0 bridgehead atoms. The van der Waals surface area contributed by atoms with E-state index in [9.17, 15) is 19.2 Å². The van der Waals surface area contributed by atoms with Crippen molar-refractivity contribution < 1.29 is 19.2 Å². The highest BCUT2D eigenvalue weighted by atomic mass is 31.1. The minimum atomic E-state index is -0.268. The number of hydrogen-bond acceptors (Lipinski definition) is 4. The monoisotopic (exact) mass is 598 g/mol. The van der Waals surface area contributed by atoms with E-state index in [1.54, 1.807) is 27.7 Å². The fraction of sp³-hybridized carbons (Fsp3) is 0.643. The Morgan fingerprint density at radius 3 is 1.15 bits per heavy atom. The van der Waals surface area contributed by atoms with E-state index in [0.717, 1.165) is 49.8 Å². The molecule has 4 N–H and O–H groups in total. The van der Waals surface area contributed by atoms with E-state index >= 15 is 0 Å². The number of hydrogen-bond donors (Lipinski definition) is 4. The van der Waals surface area contributed by atoms with Crippen molar-refractivity contribution in [2.24, 2.45) is 0 Å². The number of carbonyl (C=O) groups excluding carboxylic acids is 4. The normalized spacial score (nSPS) is 11.1. The predicted molar refractivity (Wildman–Crippen MR) is 170 cm³/mol. The zero-order valence-electron chi connectivity index (χ0n) is 24.3. The second-order valence-corrected chi connectivity index (χ2v) is 17.5. The Kier molecular flexibility index (Phi) is 20.1.